The molecule has 2 rings (SSSR count). The standard InChI is InChI=1S/C13H14Cl2N2O/c1-18-11-5-3-2-4-10(11)8-9-17-13(15)7-6-12(14)16-17/h2-7,16H,8-9H2,1H3. The Morgan fingerprint density at radius 3 is 2.78 bits per heavy atom. The maximum atomic E-state index is 6.08. The highest BCUT2D eigenvalue weighted by atomic mass is 35.5. The van der Waals surface area contributed by atoms with Crippen molar-refractivity contribution in [3.05, 3.63) is 52.3 Å². The number of benzene rings is 1. The van der Waals surface area contributed by atoms with Gasteiger partial charge in [-0.25, -0.2) is 0 Å². The van der Waals surface area contributed by atoms with Gasteiger partial charge in [0.1, 0.15) is 16.1 Å². The number of nitrogens with zero attached hydrogens (tertiary/aromatic N) is 1. The van der Waals surface area contributed by atoms with Crippen LogP contribution in [0.15, 0.2) is 46.7 Å². The smallest absolute Gasteiger partial charge is 0.123 e. The minimum absolute atomic E-state index is 0.555. The van der Waals surface area contributed by atoms with Gasteiger partial charge in [-0.15, -0.1) is 0 Å². The molecule has 18 heavy (non-hydrogen) atoms. The molecule has 1 aliphatic rings. The molecule has 1 heterocycles. The highest BCUT2D eigenvalue weighted by Gasteiger charge is 2.12. The Hall–Kier alpha value is -1.32. The summed E-state index contributed by atoms with van der Waals surface area (Å²) in [6.45, 7) is 0.708. The lowest BCUT2D eigenvalue weighted by atomic mass is 10.1. The second-order valence-electron chi connectivity index (χ2n) is 3.83. The first kappa shape index (κ1) is 13.1. The average Bonchev–Trinajstić information content (AvgIpc) is 2.40. The van der Waals surface area contributed by atoms with Gasteiger partial charge in [0.25, 0.3) is 0 Å². The van der Waals surface area contributed by atoms with E-state index in [1.54, 1.807) is 24.3 Å². The molecule has 0 fully saturated rings. The summed E-state index contributed by atoms with van der Waals surface area (Å²) < 4.78 is 5.31. The van der Waals surface area contributed by atoms with Crippen LogP contribution in [-0.4, -0.2) is 18.7 Å². The Kier molecular flexibility index (Phi) is 4.39. The summed E-state index contributed by atoms with van der Waals surface area (Å²) in [5.41, 5.74) is 4.13. The van der Waals surface area contributed by atoms with E-state index in [0.717, 1.165) is 17.7 Å². The van der Waals surface area contributed by atoms with Crippen LogP contribution in [-0.2, 0) is 6.42 Å². The molecule has 5 heteroatoms. The molecule has 0 amide bonds. The maximum absolute atomic E-state index is 6.08. The first-order chi connectivity index (χ1) is 8.70. The van der Waals surface area contributed by atoms with Crippen molar-refractivity contribution >= 4 is 23.2 Å². The largest absolute Gasteiger partial charge is 0.496 e. The number of rotatable bonds is 4. The summed E-state index contributed by atoms with van der Waals surface area (Å²) in [7, 11) is 1.67. The summed E-state index contributed by atoms with van der Waals surface area (Å²) in [5.74, 6) is 0.885. The van der Waals surface area contributed by atoms with Gasteiger partial charge in [-0.3, -0.25) is 10.4 Å². The Balaban J connectivity index is 2.00. The normalized spacial score (nSPS) is 14.7. The van der Waals surface area contributed by atoms with Crippen LogP contribution in [0.2, 0.25) is 0 Å². The van der Waals surface area contributed by atoms with Gasteiger partial charge in [0.05, 0.1) is 7.11 Å². The zero-order valence-corrected chi connectivity index (χ0v) is 11.5. The Labute approximate surface area is 117 Å². The van der Waals surface area contributed by atoms with E-state index in [1.807, 2.05) is 24.3 Å². The highest BCUT2D eigenvalue weighted by molar-refractivity contribution is 6.31. The number of halogens is 2. The van der Waals surface area contributed by atoms with Crippen LogP contribution in [0.4, 0.5) is 0 Å². The molecular formula is C13H14Cl2N2O. The fraction of sp³-hybridized carbons (Fsp3) is 0.231. The van der Waals surface area contributed by atoms with Crippen LogP contribution in [0.1, 0.15) is 5.56 Å². The molecule has 0 aliphatic carbocycles. The van der Waals surface area contributed by atoms with E-state index in [9.17, 15) is 0 Å². The third-order valence-corrected chi connectivity index (χ3v) is 3.20. The number of ether oxygens (including phenoxy) is 1. The zero-order chi connectivity index (χ0) is 13.0. The van der Waals surface area contributed by atoms with Gasteiger partial charge >= 0.3 is 0 Å². The average molecular weight is 285 g/mol. The third-order valence-electron chi connectivity index (χ3n) is 2.66. The van der Waals surface area contributed by atoms with Crippen LogP contribution < -0.4 is 10.2 Å². The molecule has 1 aromatic carbocycles. The number of methoxy groups -OCH3 is 1. The van der Waals surface area contributed by atoms with Gasteiger partial charge in [0, 0.05) is 6.54 Å². The van der Waals surface area contributed by atoms with E-state index in [0.29, 0.717) is 16.9 Å². The molecule has 1 N–H and O–H groups in total. The lowest BCUT2D eigenvalue weighted by Gasteiger charge is -2.27. The third kappa shape index (κ3) is 3.12. The SMILES string of the molecule is COc1ccccc1CCN1NC(Cl)=CC=C1Cl. The van der Waals surface area contributed by atoms with Crippen LogP contribution in [0.25, 0.3) is 0 Å². The van der Waals surface area contributed by atoms with E-state index in [4.69, 9.17) is 27.9 Å². The molecule has 1 aromatic rings. The quantitative estimate of drug-likeness (QED) is 0.860. The van der Waals surface area contributed by atoms with E-state index in [2.05, 4.69) is 5.43 Å². The summed E-state index contributed by atoms with van der Waals surface area (Å²) in [5, 5.41) is 2.98. The fourth-order valence-corrected chi connectivity index (χ4v) is 2.11. The number of para-hydroxylation sites is 1. The van der Waals surface area contributed by atoms with Gasteiger partial charge in [0.15, 0.2) is 0 Å². The molecule has 0 saturated carbocycles. The molecule has 96 valence electrons. The zero-order valence-electron chi connectivity index (χ0n) is 9.99. The monoisotopic (exact) mass is 284 g/mol. The van der Waals surface area contributed by atoms with Crippen molar-refractivity contribution in [3.8, 4) is 5.75 Å². The molecule has 0 saturated heterocycles. The van der Waals surface area contributed by atoms with Crippen molar-refractivity contribution in [3.63, 3.8) is 0 Å². The second-order valence-corrected chi connectivity index (χ2v) is 4.62. The van der Waals surface area contributed by atoms with Crippen molar-refractivity contribution in [2.75, 3.05) is 13.7 Å². The molecule has 0 radical (unpaired) electrons. The molecule has 0 atom stereocenters. The van der Waals surface area contributed by atoms with Crippen molar-refractivity contribution < 1.29 is 4.74 Å². The topological polar surface area (TPSA) is 24.5 Å². The molecule has 3 nitrogen and oxygen atoms in total. The molecule has 0 bridgehead atoms. The summed E-state index contributed by atoms with van der Waals surface area (Å²) in [6.07, 6.45) is 4.30. The van der Waals surface area contributed by atoms with Gasteiger partial charge in [-0.05, 0) is 30.2 Å². The van der Waals surface area contributed by atoms with E-state index >= 15 is 0 Å². The van der Waals surface area contributed by atoms with Gasteiger partial charge in [0.2, 0.25) is 0 Å². The summed E-state index contributed by atoms with van der Waals surface area (Å²) >= 11 is 12.0. The van der Waals surface area contributed by atoms with Gasteiger partial charge in [-0.1, -0.05) is 41.4 Å². The van der Waals surface area contributed by atoms with Crippen LogP contribution >= 0.6 is 23.2 Å². The van der Waals surface area contributed by atoms with E-state index in [1.165, 1.54) is 0 Å². The van der Waals surface area contributed by atoms with Gasteiger partial charge in [-0.2, -0.15) is 0 Å². The van der Waals surface area contributed by atoms with Crippen molar-refractivity contribution in [2.45, 2.75) is 6.42 Å². The number of nitrogens with one attached hydrogen (secondary N) is 1. The van der Waals surface area contributed by atoms with Crippen molar-refractivity contribution in [2.24, 2.45) is 0 Å². The van der Waals surface area contributed by atoms with Crippen molar-refractivity contribution in [1.82, 2.24) is 10.4 Å². The number of hydrogen-bond acceptors (Lipinski definition) is 3. The van der Waals surface area contributed by atoms with Crippen molar-refractivity contribution in [1.29, 1.82) is 0 Å². The Morgan fingerprint density at radius 2 is 2.00 bits per heavy atom. The molecule has 0 unspecified atom stereocenters. The predicted molar refractivity (Wildman–Crippen MR) is 74.4 cm³/mol. The van der Waals surface area contributed by atoms with Gasteiger partial charge < -0.3 is 4.74 Å². The van der Waals surface area contributed by atoms with Crippen LogP contribution in [0.5, 0.6) is 5.75 Å². The predicted octanol–water partition coefficient (Wildman–Crippen LogP) is 3.22. The highest BCUT2D eigenvalue weighted by Crippen LogP contribution is 2.20. The Morgan fingerprint density at radius 1 is 1.22 bits per heavy atom. The minimum Gasteiger partial charge on any atom is -0.496 e. The molecule has 0 spiro atoms. The van der Waals surface area contributed by atoms with Crippen LogP contribution in [0, 0.1) is 0 Å². The molecular weight excluding hydrogens is 271 g/mol. The summed E-state index contributed by atoms with van der Waals surface area (Å²) in [6, 6.07) is 7.93. The Bertz CT molecular complexity index is 486. The minimum atomic E-state index is 0.555. The first-order valence-electron chi connectivity index (χ1n) is 5.60. The maximum Gasteiger partial charge on any atom is 0.123 e. The number of hydrogen-bond donors (Lipinski definition) is 1. The lowest BCUT2D eigenvalue weighted by molar-refractivity contribution is 0.298. The second kappa shape index (κ2) is 6.03. The number of allylic oxidation sites excluding steroid dienone is 2. The molecule has 1 aliphatic heterocycles. The first-order valence-corrected chi connectivity index (χ1v) is 6.35. The summed E-state index contributed by atoms with van der Waals surface area (Å²) in [4.78, 5) is 0. The van der Waals surface area contributed by atoms with E-state index in [-0.39, 0.29) is 0 Å². The van der Waals surface area contributed by atoms with Crippen LogP contribution in [0.3, 0.4) is 0 Å². The lowest BCUT2D eigenvalue weighted by Crippen LogP contribution is -2.37. The fourth-order valence-electron chi connectivity index (χ4n) is 1.76. The van der Waals surface area contributed by atoms with E-state index < -0.39 is 0 Å². The number of hydrazine groups is 1. The molecule has 0 aromatic heterocycles.